The summed E-state index contributed by atoms with van der Waals surface area (Å²) >= 11 is 0. The second-order valence-electron chi connectivity index (χ2n) is 4.27. The van der Waals surface area contributed by atoms with Gasteiger partial charge in [0.25, 0.3) is 0 Å². The first-order chi connectivity index (χ1) is 7.63. The molecule has 88 valence electrons. The SMILES string of the molecule is CCC1(C)CN(c2ncc(F)cn2)CCO1. The van der Waals surface area contributed by atoms with Gasteiger partial charge in [0.15, 0.2) is 5.82 Å². The third-order valence-electron chi connectivity index (χ3n) is 2.97. The molecule has 1 aromatic heterocycles. The van der Waals surface area contributed by atoms with E-state index in [1.807, 2.05) is 4.90 Å². The van der Waals surface area contributed by atoms with Crippen LogP contribution in [0.2, 0.25) is 0 Å². The van der Waals surface area contributed by atoms with Crippen LogP contribution in [0, 0.1) is 5.82 Å². The van der Waals surface area contributed by atoms with Gasteiger partial charge in [0.05, 0.1) is 24.6 Å². The molecule has 1 saturated heterocycles. The third-order valence-corrected chi connectivity index (χ3v) is 2.97. The quantitative estimate of drug-likeness (QED) is 0.766. The molecule has 5 heteroatoms. The molecule has 16 heavy (non-hydrogen) atoms. The van der Waals surface area contributed by atoms with E-state index < -0.39 is 5.82 Å². The zero-order chi connectivity index (χ0) is 11.6. The normalized spacial score (nSPS) is 25.8. The number of hydrogen-bond donors (Lipinski definition) is 0. The molecule has 1 unspecified atom stereocenters. The van der Waals surface area contributed by atoms with Crippen molar-refractivity contribution >= 4 is 5.95 Å². The molecular formula is C11H16FN3O. The van der Waals surface area contributed by atoms with Crippen molar-refractivity contribution in [1.82, 2.24) is 9.97 Å². The summed E-state index contributed by atoms with van der Waals surface area (Å²) in [4.78, 5) is 10.0. The lowest BCUT2D eigenvalue weighted by Crippen LogP contribution is -2.50. The highest BCUT2D eigenvalue weighted by atomic mass is 19.1. The van der Waals surface area contributed by atoms with Gasteiger partial charge in [0, 0.05) is 13.1 Å². The summed E-state index contributed by atoms with van der Waals surface area (Å²) < 4.78 is 18.4. The Hall–Kier alpha value is -1.23. The Labute approximate surface area is 94.5 Å². The van der Waals surface area contributed by atoms with Gasteiger partial charge in [-0.25, -0.2) is 14.4 Å². The van der Waals surface area contributed by atoms with Crippen molar-refractivity contribution in [3.8, 4) is 0 Å². The fourth-order valence-electron chi connectivity index (χ4n) is 1.78. The van der Waals surface area contributed by atoms with Crippen LogP contribution in [0.15, 0.2) is 12.4 Å². The van der Waals surface area contributed by atoms with E-state index in [1.54, 1.807) is 0 Å². The van der Waals surface area contributed by atoms with Gasteiger partial charge in [0.1, 0.15) is 0 Å². The van der Waals surface area contributed by atoms with Crippen molar-refractivity contribution in [2.24, 2.45) is 0 Å². The molecule has 0 N–H and O–H groups in total. The Balaban J connectivity index is 2.12. The summed E-state index contributed by atoms with van der Waals surface area (Å²) in [5.41, 5.74) is -0.157. The minimum absolute atomic E-state index is 0.157. The zero-order valence-electron chi connectivity index (χ0n) is 9.61. The van der Waals surface area contributed by atoms with Gasteiger partial charge in [-0.15, -0.1) is 0 Å². The van der Waals surface area contributed by atoms with Gasteiger partial charge in [-0.3, -0.25) is 0 Å². The Bertz CT molecular complexity index is 357. The molecular weight excluding hydrogens is 209 g/mol. The lowest BCUT2D eigenvalue weighted by molar-refractivity contribution is -0.0445. The van der Waals surface area contributed by atoms with Crippen LogP contribution < -0.4 is 4.90 Å². The summed E-state index contributed by atoms with van der Waals surface area (Å²) in [6.07, 6.45) is 3.33. The highest BCUT2D eigenvalue weighted by molar-refractivity contribution is 5.30. The molecule has 4 nitrogen and oxygen atoms in total. The van der Waals surface area contributed by atoms with E-state index in [4.69, 9.17) is 4.74 Å². The van der Waals surface area contributed by atoms with E-state index in [9.17, 15) is 4.39 Å². The molecule has 2 heterocycles. The van der Waals surface area contributed by atoms with E-state index in [2.05, 4.69) is 23.8 Å². The van der Waals surface area contributed by atoms with Crippen LogP contribution in [-0.2, 0) is 4.74 Å². The highest BCUT2D eigenvalue weighted by Gasteiger charge is 2.31. The lowest BCUT2D eigenvalue weighted by atomic mass is 10.0. The molecule has 0 spiro atoms. The predicted octanol–water partition coefficient (Wildman–Crippen LogP) is 1.62. The van der Waals surface area contributed by atoms with Gasteiger partial charge >= 0.3 is 0 Å². The van der Waals surface area contributed by atoms with E-state index in [0.717, 1.165) is 19.5 Å². The largest absolute Gasteiger partial charge is 0.372 e. The molecule has 0 aromatic carbocycles. The van der Waals surface area contributed by atoms with E-state index in [0.29, 0.717) is 12.6 Å². The minimum atomic E-state index is -0.407. The third kappa shape index (κ3) is 2.29. The predicted molar refractivity (Wildman–Crippen MR) is 58.9 cm³/mol. The Morgan fingerprint density at radius 3 is 2.81 bits per heavy atom. The van der Waals surface area contributed by atoms with Crippen LogP contribution in [-0.4, -0.2) is 35.3 Å². The average molecular weight is 225 g/mol. The van der Waals surface area contributed by atoms with Crippen LogP contribution in [0.4, 0.5) is 10.3 Å². The van der Waals surface area contributed by atoms with Crippen LogP contribution in [0.1, 0.15) is 20.3 Å². The van der Waals surface area contributed by atoms with Crippen molar-refractivity contribution in [1.29, 1.82) is 0 Å². The number of hydrogen-bond acceptors (Lipinski definition) is 4. The molecule has 0 amide bonds. The topological polar surface area (TPSA) is 38.2 Å². The first-order valence-corrected chi connectivity index (χ1v) is 5.49. The molecule has 0 saturated carbocycles. The second kappa shape index (κ2) is 4.33. The number of anilines is 1. The van der Waals surface area contributed by atoms with Crippen molar-refractivity contribution in [2.75, 3.05) is 24.6 Å². The van der Waals surface area contributed by atoms with E-state index >= 15 is 0 Å². The fourth-order valence-corrected chi connectivity index (χ4v) is 1.78. The summed E-state index contributed by atoms with van der Waals surface area (Å²) in [5, 5.41) is 0. The molecule has 1 aromatic rings. The first kappa shape index (κ1) is 11.3. The van der Waals surface area contributed by atoms with E-state index in [-0.39, 0.29) is 5.60 Å². The molecule has 0 radical (unpaired) electrons. The van der Waals surface area contributed by atoms with Crippen LogP contribution in [0.5, 0.6) is 0 Å². The molecule has 1 fully saturated rings. The van der Waals surface area contributed by atoms with E-state index in [1.165, 1.54) is 12.4 Å². The molecule has 0 bridgehead atoms. The maximum Gasteiger partial charge on any atom is 0.225 e. The van der Waals surface area contributed by atoms with Gasteiger partial charge in [-0.2, -0.15) is 0 Å². The van der Waals surface area contributed by atoms with Gasteiger partial charge < -0.3 is 9.64 Å². The lowest BCUT2D eigenvalue weighted by Gasteiger charge is -2.39. The number of rotatable bonds is 2. The maximum atomic E-state index is 12.7. The number of ether oxygens (including phenoxy) is 1. The minimum Gasteiger partial charge on any atom is -0.372 e. The van der Waals surface area contributed by atoms with Crippen molar-refractivity contribution in [2.45, 2.75) is 25.9 Å². The van der Waals surface area contributed by atoms with Crippen LogP contribution in [0.25, 0.3) is 0 Å². The number of morpholine rings is 1. The summed E-state index contributed by atoms with van der Waals surface area (Å²) in [5.74, 6) is 0.166. The summed E-state index contributed by atoms with van der Waals surface area (Å²) in [6.45, 7) is 6.32. The molecule has 2 rings (SSSR count). The van der Waals surface area contributed by atoms with Crippen molar-refractivity contribution in [3.63, 3.8) is 0 Å². The maximum absolute atomic E-state index is 12.7. The molecule has 1 atom stereocenters. The fraction of sp³-hybridized carbons (Fsp3) is 0.636. The summed E-state index contributed by atoms with van der Waals surface area (Å²) in [7, 11) is 0. The van der Waals surface area contributed by atoms with Crippen LogP contribution in [0.3, 0.4) is 0 Å². The standard InChI is InChI=1S/C11H16FN3O/c1-3-11(2)8-15(4-5-16-11)10-13-6-9(12)7-14-10/h6-7H,3-5,8H2,1-2H3. The molecule has 1 aliphatic rings. The van der Waals surface area contributed by atoms with Crippen molar-refractivity contribution < 1.29 is 9.13 Å². The second-order valence-corrected chi connectivity index (χ2v) is 4.27. The Morgan fingerprint density at radius 2 is 2.19 bits per heavy atom. The Kier molecular flexibility index (Phi) is 3.05. The number of halogens is 1. The number of aromatic nitrogens is 2. The number of nitrogens with zero attached hydrogens (tertiary/aromatic N) is 3. The molecule has 0 aliphatic carbocycles. The van der Waals surface area contributed by atoms with Gasteiger partial charge in [0.2, 0.25) is 5.95 Å². The monoisotopic (exact) mass is 225 g/mol. The molecule has 1 aliphatic heterocycles. The highest BCUT2D eigenvalue weighted by Crippen LogP contribution is 2.23. The van der Waals surface area contributed by atoms with Gasteiger partial charge in [-0.05, 0) is 13.3 Å². The van der Waals surface area contributed by atoms with Crippen molar-refractivity contribution in [3.05, 3.63) is 18.2 Å². The van der Waals surface area contributed by atoms with Gasteiger partial charge in [-0.1, -0.05) is 6.92 Å². The Morgan fingerprint density at radius 1 is 1.50 bits per heavy atom. The summed E-state index contributed by atoms with van der Waals surface area (Å²) in [6, 6.07) is 0. The van der Waals surface area contributed by atoms with Crippen LogP contribution >= 0.6 is 0 Å². The smallest absolute Gasteiger partial charge is 0.225 e. The first-order valence-electron chi connectivity index (χ1n) is 5.49. The zero-order valence-corrected chi connectivity index (χ0v) is 9.61. The average Bonchev–Trinajstić information content (AvgIpc) is 2.30.